The van der Waals surface area contributed by atoms with E-state index in [-0.39, 0.29) is 18.6 Å². The van der Waals surface area contributed by atoms with Crippen LogP contribution in [0.4, 0.5) is 11.4 Å². The van der Waals surface area contributed by atoms with Crippen LogP contribution in [-0.4, -0.2) is 12.6 Å². The first-order valence-corrected chi connectivity index (χ1v) is 7.75. The number of anilines is 2. The van der Waals surface area contributed by atoms with Gasteiger partial charge in [0.2, 0.25) is 0 Å². The number of hydrogen-bond donors (Lipinski definition) is 2. The Bertz CT molecular complexity index is 755. The number of halogens is 1. The van der Waals surface area contributed by atoms with Crippen LogP contribution in [0, 0.1) is 0 Å². The molecule has 2 aliphatic heterocycles. The first-order chi connectivity index (χ1) is 10.2. The monoisotopic (exact) mass is 318 g/mol. The molecular formula is C15H11ClN2O2S. The molecule has 0 bridgehead atoms. The molecule has 2 N–H and O–H groups in total. The quantitative estimate of drug-likeness (QED) is 0.785. The maximum absolute atomic E-state index is 12.1. The van der Waals surface area contributed by atoms with Gasteiger partial charge in [-0.05, 0) is 29.6 Å². The average Bonchev–Trinajstić information content (AvgIpc) is 3.07. The maximum atomic E-state index is 12.1. The van der Waals surface area contributed by atoms with Gasteiger partial charge in [-0.3, -0.25) is 0 Å². The number of hydrogen-bond acceptors (Lipinski definition) is 5. The number of nitrogens with one attached hydrogen (secondary N) is 2. The van der Waals surface area contributed by atoms with Crippen LogP contribution in [0.5, 0.6) is 0 Å². The van der Waals surface area contributed by atoms with Gasteiger partial charge in [0.15, 0.2) is 0 Å². The van der Waals surface area contributed by atoms with Crippen molar-refractivity contribution in [2.75, 3.05) is 17.2 Å². The lowest BCUT2D eigenvalue weighted by Crippen LogP contribution is -2.16. The molecule has 0 saturated heterocycles. The lowest BCUT2D eigenvalue weighted by Gasteiger charge is -2.18. The van der Waals surface area contributed by atoms with Crippen LogP contribution in [0.3, 0.4) is 0 Å². The van der Waals surface area contributed by atoms with Gasteiger partial charge in [0, 0.05) is 9.90 Å². The first kappa shape index (κ1) is 12.7. The van der Waals surface area contributed by atoms with Gasteiger partial charge in [0.1, 0.15) is 6.61 Å². The standard InChI is InChI=1S/C15H11ClN2O2S/c16-8-3-4-9-10(6-8)18-14(12-2-1-5-21-12)13-11(17-9)7-20-15(13)19/h1-6,14,17-18H,7H2. The number of ether oxygens (including phenoxy) is 1. The minimum absolute atomic E-state index is 0.220. The molecule has 1 aromatic heterocycles. The van der Waals surface area contributed by atoms with Crippen molar-refractivity contribution in [3.05, 3.63) is 56.9 Å². The van der Waals surface area contributed by atoms with Gasteiger partial charge < -0.3 is 15.4 Å². The summed E-state index contributed by atoms with van der Waals surface area (Å²) < 4.78 is 5.19. The van der Waals surface area contributed by atoms with Gasteiger partial charge in [-0.25, -0.2) is 4.79 Å². The fourth-order valence-electron chi connectivity index (χ4n) is 2.62. The highest BCUT2D eigenvalue weighted by molar-refractivity contribution is 7.10. The highest BCUT2D eigenvalue weighted by Crippen LogP contribution is 2.41. The van der Waals surface area contributed by atoms with Crippen LogP contribution in [0.1, 0.15) is 10.9 Å². The SMILES string of the molecule is O=C1OCC2=C1C(c1cccs1)Nc1cc(Cl)ccc1N2. The summed E-state index contributed by atoms with van der Waals surface area (Å²) in [5.74, 6) is -0.276. The number of cyclic esters (lactones) is 1. The van der Waals surface area contributed by atoms with Crippen LogP contribution < -0.4 is 10.6 Å². The predicted octanol–water partition coefficient (Wildman–Crippen LogP) is 3.79. The molecule has 1 atom stereocenters. The van der Waals surface area contributed by atoms with E-state index in [0.717, 1.165) is 21.9 Å². The van der Waals surface area contributed by atoms with Crippen LogP contribution in [0.2, 0.25) is 5.02 Å². The number of rotatable bonds is 1. The van der Waals surface area contributed by atoms with Crippen LogP contribution in [0.15, 0.2) is 47.0 Å². The largest absolute Gasteiger partial charge is 0.456 e. The highest BCUT2D eigenvalue weighted by atomic mass is 35.5. The second-order valence-electron chi connectivity index (χ2n) is 4.88. The maximum Gasteiger partial charge on any atom is 0.338 e. The van der Waals surface area contributed by atoms with Crippen LogP contribution in [-0.2, 0) is 9.53 Å². The summed E-state index contributed by atoms with van der Waals surface area (Å²) in [6.07, 6.45) is 0. The van der Waals surface area contributed by atoms with Gasteiger partial charge in [-0.1, -0.05) is 17.7 Å². The van der Waals surface area contributed by atoms with E-state index in [0.29, 0.717) is 10.6 Å². The minimum atomic E-state index is -0.276. The molecule has 2 aromatic rings. The number of carbonyl (C=O) groups is 1. The topological polar surface area (TPSA) is 50.4 Å². The van der Waals surface area contributed by atoms with Crippen molar-refractivity contribution in [2.24, 2.45) is 0 Å². The number of esters is 1. The third-order valence-electron chi connectivity index (χ3n) is 3.58. The second kappa shape index (κ2) is 4.79. The van der Waals surface area contributed by atoms with E-state index in [4.69, 9.17) is 16.3 Å². The summed E-state index contributed by atoms with van der Waals surface area (Å²) in [6, 6.07) is 9.33. The van der Waals surface area contributed by atoms with Gasteiger partial charge in [0.05, 0.1) is 28.7 Å². The zero-order chi connectivity index (χ0) is 14.4. The number of fused-ring (bicyclic) bond motifs is 1. The highest BCUT2D eigenvalue weighted by Gasteiger charge is 2.35. The lowest BCUT2D eigenvalue weighted by molar-refractivity contribution is -0.136. The van der Waals surface area contributed by atoms with E-state index in [1.807, 2.05) is 35.7 Å². The van der Waals surface area contributed by atoms with Crippen molar-refractivity contribution in [1.29, 1.82) is 0 Å². The Balaban J connectivity index is 1.87. The van der Waals surface area contributed by atoms with Crippen molar-refractivity contribution in [2.45, 2.75) is 6.04 Å². The van der Waals surface area contributed by atoms with Crippen LogP contribution in [0.25, 0.3) is 0 Å². The van der Waals surface area contributed by atoms with Crippen molar-refractivity contribution < 1.29 is 9.53 Å². The molecule has 0 amide bonds. The first-order valence-electron chi connectivity index (χ1n) is 6.49. The van der Waals surface area contributed by atoms with Gasteiger partial charge in [0.25, 0.3) is 0 Å². The smallest absolute Gasteiger partial charge is 0.338 e. The van der Waals surface area contributed by atoms with E-state index in [1.54, 1.807) is 11.3 Å². The Hall–Kier alpha value is -1.98. The van der Waals surface area contributed by atoms with Gasteiger partial charge >= 0.3 is 5.97 Å². The number of benzene rings is 1. The summed E-state index contributed by atoms with van der Waals surface area (Å²) >= 11 is 7.68. The third-order valence-corrected chi connectivity index (χ3v) is 4.75. The van der Waals surface area contributed by atoms with E-state index in [2.05, 4.69) is 10.6 Å². The van der Waals surface area contributed by atoms with E-state index in [9.17, 15) is 4.79 Å². The molecule has 106 valence electrons. The van der Waals surface area contributed by atoms with E-state index in [1.165, 1.54) is 0 Å². The molecule has 4 rings (SSSR count). The van der Waals surface area contributed by atoms with Crippen molar-refractivity contribution in [3.63, 3.8) is 0 Å². The molecule has 4 nitrogen and oxygen atoms in total. The fraction of sp³-hybridized carbons (Fsp3) is 0.133. The Morgan fingerprint density at radius 3 is 3.00 bits per heavy atom. The summed E-state index contributed by atoms with van der Waals surface area (Å²) in [6.45, 7) is 0.278. The minimum Gasteiger partial charge on any atom is -0.456 e. The van der Waals surface area contributed by atoms with Gasteiger partial charge in [-0.15, -0.1) is 11.3 Å². The zero-order valence-electron chi connectivity index (χ0n) is 10.9. The Morgan fingerprint density at radius 2 is 2.19 bits per heavy atom. The average molecular weight is 319 g/mol. The summed E-state index contributed by atoms with van der Waals surface area (Å²) in [7, 11) is 0. The van der Waals surface area contributed by atoms with E-state index < -0.39 is 0 Å². The third kappa shape index (κ3) is 2.09. The molecular weight excluding hydrogens is 308 g/mol. The van der Waals surface area contributed by atoms with E-state index >= 15 is 0 Å². The Labute approximate surface area is 130 Å². The molecule has 21 heavy (non-hydrogen) atoms. The molecule has 1 aromatic carbocycles. The number of carbonyl (C=O) groups excluding carboxylic acids is 1. The summed E-state index contributed by atoms with van der Waals surface area (Å²) in [5, 5.41) is 9.34. The molecule has 0 radical (unpaired) electrons. The predicted molar refractivity (Wildman–Crippen MR) is 83.7 cm³/mol. The second-order valence-corrected chi connectivity index (χ2v) is 6.29. The van der Waals surface area contributed by atoms with Crippen molar-refractivity contribution >= 4 is 40.3 Å². The molecule has 3 heterocycles. The van der Waals surface area contributed by atoms with Gasteiger partial charge in [-0.2, -0.15) is 0 Å². The summed E-state index contributed by atoms with van der Waals surface area (Å²) in [5.41, 5.74) is 3.23. The molecule has 0 fully saturated rings. The fourth-order valence-corrected chi connectivity index (χ4v) is 3.57. The lowest BCUT2D eigenvalue weighted by atomic mass is 10.0. The Kier molecular flexibility index (Phi) is 2.90. The number of thiophene rings is 1. The molecule has 2 aliphatic rings. The molecule has 0 aliphatic carbocycles. The van der Waals surface area contributed by atoms with Crippen molar-refractivity contribution in [1.82, 2.24) is 0 Å². The van der Waals surface area contributed by atoms with Crippen molar-refractivity contribution in [3.8, 4) is 0 Å². The Morgan fingerprint density at radius 1 is 1.29 bits per heavy atom. The molecule has 0 spiro atoms. The normalized spacial score (nSPS) is 20.0. The van der Waals surface area contributed by atoms with Crippen LogP contribution >= 0.6 is 22.9 Å². The summed E-state index contributed by atoms with van der Waals surface area (Å²) in [4.78, 5) is 13.2. The molecule has 6 heteroatoms. The molecule has 1 unspecified atom stereocenters. The zero-order valence-corrected chi connectivity index (χ0v) is 12.4. The molecule has 0 saturated carbocycles.